The van der Waals surface area contributed by atoms with Crippen LogP contribution < -0.4 is 11.1 Å². The Morgan fingerprint density at radius 3 is 2.53 bits per heavy atom. The second-order valence-corrected chi connectivity index (χ2v) is 9.38. The summed E-state index contributed by atoms with van der Waals surface area (Å²) >= 11 is 6.23. The number of benzene rings is 3. The molecule has 3 aromatic carbocycles. The van der Waals surface area contributed by atoms with Gasteiger partial charge in [-0.1, -0.05) is 60.1 Å². The zero-order valence-electron chi connectivity index (χ0n) is 20.0. The second kappa shape index (κ2) is 10.2. The fraction of sp³-hybridized carbons (Fsp3) is 0.185. The first kappa shape index (κ1) is 25.4. The number of amides is 3. The molecule has 2 atom stereocenters. The highest BCUT2D eigenvalue weighted by Crippen LogP contribution is 2.33. The van der Waals surface area contributed by atoms with E-state index in [-0.39, 0.29) is 36.5 Å². The van der Waals surface area contributed by atoms with Gasteiger partial charge in [-0.2, -0.15) is 5.10 Å². The van der Waals surface area contributed by atoms with Crippen LogP contribution in [0.3, 0.4) is 0 Å². The summed E-state index contributed by atoms with van der Waals surface area (Å²) in [6.07, 6.45) is -0.958. The summed E-state index contributed by atoms with van der Waals surface area (Å²) < 4.78 is 16.7. The minimum Gasteiger partial charge on any atom is -0.391 e. The Hall–Kier alpha value is -4.28. The van der Waals surface area contributed by atoms with E-state index < -0.39 is 35.7 Å². The molecular formula is C27H23ClFN5O4. The minimum absolute atomic E-state index is 0.0181. The number of aromatic nitrogens is 2. The molecule has 0 spiro atoms. The largest absolute Gasteiger partial charge is 0.391 e. The van der Waals surface area contributed by atoms with Crippen LogP contribution in [0.5, 0.6) is 0 Å². The van der Waals surface area contributed by atoms with Crippen LogP contribution in [0.15, 0.2) is 66.7 Å². The van der Waals surface area contributed by atoms with Crippen LogP contribution in [0.2, 0.25) is 5.02 Å². The maximum absolute atomic E-state index is 15.4. The van der Waals surface area contributed by atoms with E-state index in [0.717, 1.165) is 0 Å². The molecule has 1 aromatic heterocycles. The van der Waals surface area contributed by atoms with Gasteiger partial charge in [0.2, 0.25) is 11.8 Å². The predicted octanol–water partition coefficient (Wildman–Crippen LogP) is 3.20. The number of nitrogens with zero attached hydrogens (tertiary/aromatic N) is 3. The van der Waals surface area contributed by atoms with Crippen LogP contribution >= 0.6 is 11.6 Å². The normalized spacial score (nSPS) is 17.1. The van der Waals surface area contributed by atoms with E-state index >= 15 is 4.39 Å². The number of hydrogen-bond donors (Lipinski definition) is 3. The summed E-state index contributed by atoms with van der Waals surface area (Å²) in [5.74, 6) is -2.56. The highest BCUT2D eigenvalue weighted by molar-refractivity contribution is 6.33. The molecule has 0 radical (unpaired) electrons. The molecule has 0 unspecified atom stereocenters. The number of fused-ring (bicyclic) bond motifs is 1. The smallest absolute Gasteiger partial charge is 0.269 e. The first-order valence-electron chi connectivity index (χ1n) is 11.8. The lowest BCUT2D eigenvalue weighted by atomic mass is 10.0. The van der Waals surface area contributed by atoms with Gasteiger partial charge in [0.15, 0.2) is 11.5 Å². The van der Waals surface area contributed by atoms with Crippen LogP contribution in [0, 0.1) is 5.82 Å². The monoisotopic (exact) mass is 535 g/mol. The number of rotatable bonds is 6. The summed E-state index contributed by atoms with van der Waals surface area (Å²) in [7, 11) is 0. The lowest BCUT2D eigenvalue weighted by molar-refractivity contribution is -0.137. The molecule has 4 aromatic rings. The Bertz CT molecular complexity index is 1570. The number of nitrogens with one attached hydrogen (secondary N) is 1. The van der Waals surface area contributed by atoms with E-state index in [4.69, 9.17) is 17.3 Å². The molecule has 2 heterocycles. The quantitative estimate of drug-likeness (QED) is 0.349. The van der Waals surface area contributed by atoms with E-state index in [9.17, 15) is 19.5 Å². The van der Waals surface area contributed by atoms with Gasteiger partial charge in [0, 0.05) is 34.5 Å². The maximum atomic E-state index is 15.4. The van der Waals surface area contributed by atoms with Crippen molar-refractivity contribution in [3.8, 4) is 11.1 Å². The van der Waals surface area contributed by atoms with Gasteiger partial charge in [-0.25, -0.2) is 4.39 Å². The fourth-order valence-corrected chi connectivity index (χ4v) is 4.96. The Morgan fingerprint density at radius 1 is 1.05 bits per heavy atom. The third-order valence-electron chi connectivity index (χ3n) is 6.50. The average molecular weight is 536 g/mol. The molecular weight excluding hydrogens is 513 g/mol. The van der Waals surface area contributed by atoms with E-state index in [1.165, 1.54) is 15.6 Å². The Morgan fingerprint density at radius 2 is 1.76 bits per heavy atom. The number of carbonyl (C=O) groups is 3. The molecule has 0 aliphatic carbocycles. The van der Waals surface area contributed by atoms with Crippen LogP contribution in [0.4, 0.5) is 10.1 Å². The lowest BCUT2D eigenvalue weighted by Crippen LogP contribution is -2.44. The van der Waals surface area contributed by atoms with E-state index in [0.29, 0.717) is 21.5 Å². The van der Waals surface area contributed by atoms with Crippen molar-refractivity contribution in [2.75, 3.05) is 11.9 Å². The van der Waals surface area contributed by atoms with Crippen molar-refractivity contribution in [1.82, 2.24) is 14.7 Å². The van der Waals surface area contributed by atoms with Crippen molar-refractivity contribution in [1.29, 1.82) is 0 Å². The third kappa shape index (κ3) is 4.71. The first-order valence-corrected chi connectivity index (χ1v) is 12.2. The Balaban J connectivity index is 1.38. The molecule has 38 heavy (non-hydrogen) atoms. The van der Waals surface area contributed by atoms with Crippen molar-refractivity contribution >= 4 is 45.9 Å². The molecule has 1 aliphatic rings. The number of anilines is 1. The van der Waals surface area contributed by atoms with Crippen molar-refractivity contribution in [2.24, 2.45) is 5.73 Å². The van der Waals surface area contributed by atoms with Crippen LogP contribution in [0.25, 0.3) is 22.0 Å². The zero-order valence-corrected chi connectivity index (χ0v) is 20.7. The summed E-state index contributed by atoms with van der Waals surface area (Å²) in [6.45, 7) is -0.373. The van der Waals surface area contributed by atoms with Crippen LogP contribution in [-0.2, 0) is 16.1 Å². The summed E-state index contributed by atoms with van der Waals surface area (Å²) in [5, 5.41) is 17.9. The van der Waals surface area contributed by atoms with Crippen molar-refractivity contribution in [3.63, 3.8) is 0 Å². The number of hydrogen-bond acceptors (Lipinski definition) is 5. The molecule has 1 saturated heterocycles. The zero-order chi connectivity index (χ0) is 27.0. The van der Waals surface area contributed by atoms with Crippen molar-refractivity contribution in [2.45, 2.75) is 25.1 Å². The minimum atomic E-state index is -1.04. The number of carbonyl (C=O) groups excluding carboxylic acids is 3. The number of β-amino-alcohol motifs (C(OH)–C–C–N with tert-alkyl or cyclic N) is 1. The van der Waals surface area contributed by atoms with Gasteiger partial charge >= 0.3 is 0 Å². The topological polar surface area (TPSA) is 131 Å². The number of para-hydroxylation sites is 1. The standard InChI is InChI=1S/C27H23ClFN5O4/c28-19-9-3-1-6-16(19)17-8-5-10-20(24(17)29)31-27(38)22-12-15(35)13-33(22)23(36)14-34-21-11-4-2-7-18(21)25(32-34)26(30)37/h1-11,15,22,35H,12-14H2,(H2,30,37)(H,31,38)/t15-,22-/m0/s1. The number of aliphatic hydroxyl groups is 1. The molecule has 1 fully saturated rings. The van der Waals surface area contributed by atoms with Crippen molar-refractivity contribution < 1.29 is 23.9 Å². The molecule has 194 valence electrons. The van der Waals surface area contributed by atoms with E-state index in [1.807, 2.05) is 0 Å². The summed E-state index contributed by atoms with van der Waals surface area (Å²) in [5.41, 5.74) is 6.58. The number of likely N-dealkylation sites (tertiary alicyclic amines) is 1. The number of aliphatic hydroxyl groups excluding tert-OH is 1. The van der Waals surface area contributed by atoms with Gasteiger partial charge in [-0.3, -0.25) is 19.1 Å². The van der Waals surface area contributed by atoms with E-state index in [1.54, 1.807) is 60.7 Å². The second-order valence-electron chi connectivity index (χ2n) is 8.98. The summed E-state index contributed by atoms with van der Waals surface area (Å²) in [4.78, 5) is 39.5. The van der Waals surface area contributed by atoms with E-state index in [2.05, 4.69) is 10.4 Å². The average Bonchev–Trinajstić information content (AvgIpc) is 3.47. The highest BCUT2D eigenvalue weighted by Gasteiger charge is 2.39. The van der Waals surface area contributed by atoms with Gasteiger partial charge in [-0.05, 0) is 18.2 Å². The molecule has 11 heteroatoms. The van der Waals surface area contributed by atoms with Crippen molar-refractivity contribution in [3.05, 3.63) is 83.3 Å². The Kier molecular flexibility index (Phi) is 6.83. The molecule has 1 aliphatic heterocycles. The molecule has 0 bridgehead atoms. The first-order chi connectivity index (χ1) is 18.2. The van der Waals surface area contributed by atoms with Gasteiger partial charge < -0.3 is 21.1 Å². The molecule has 9 nitrogen and oxygen atoms in total. The Labute approximate surface area is 221 Å². The highest BCUT2D eigenvalue weighted by atomic mass is 35.5. The summed E-state index contributed by atoms with van der Waals surface area (Å²) in [6, 6.07) is 17.1. The van der Waals surface area contributed by atoms with Gasteiger partial charge in [0.25, 0.3) is 5.91 Å². The van der Waals surface area contributed by atoms with Gasteiger partial charge in [0.05, 0.1) is 17.3 Å². The molecule has 0 saturated carbocycles. The van der Waals surface area contributed by atoms with Crippen LogP contribution in [-0.4, -0.2) is 56.2 Å². The lowest BCUT2D eigenvalue weighted by Gasteiger charge is -2.24. The van der Waals surface area contributed by atoms with Crippen LogP contribution in [0.1, 0.15) is 16.9 Å². The SMILES string of the molecule is NC(=O)c1nn(CC(=O)N2C[C@@H](O)C[C@H]2C(=O)Nc2cccc(-c3ccccc3Cl)c2F)c2ccccc12. The predicted molar refractivity (Wildman–Crippen MR) is 140 cm³/mol. The maximum Gasteiger partial charge on any atom is 0.269 e. The number of nitrogens with two attached hydrogens (primary N) is 1. The fourth-order valence-electron chi connectivity index (χ4n) is 4.72. The number of halogens is 2. The van der Waals surface area contributed by atoms with Gasteiger partial charge in [0.1, 0.15) is 12.6 Å². The molecule has 5 rings (SSSR count). The van der Waals surface area contributed by atoms with Gasteiger partial charge in [-0.15, -0.1) is 0 Å². The number of primary amides is 1. The molecule has 3 amide bonds. The molecule has 4 N–H and O–H groups in total. The third-order valence-corrected chi connectivity index (χ3v) is 6.83.